The van der Waals surface area contributed by atoms with Crippen molar-refractivity contribution in [3.05, 3.63) is 24.3 Å². The molecule has 2 aromatic heterocycles. The lowest BCUT2D eigenvalue weighted by Crippen LogP contribution is -2.14. The Morgan fingerprint density at radius 3 is 2.86 bits per heavy atom. The van der Waals surface area contributed by atoms with Crippen LogP contribution >= 0.6 is 0 Å². The Balaban J connectivity index is 2.51. The van der Waals surface area contributed by atoms with Crippen LogP contribution in [0.5, 0.6) is 0 Å². The number of hydrogen-bond acceptors (Lipinski definition) is 3. The van der Waals surface area contributed by atoms with Crippen molar-refractivity contribution in [2.45, 2.75) is 6.54 Å². The minimum atomic E-state index is 0.852. The van der Waals surface area contributed by atoms with E-state index in [4.69, 9.17) is 0 Å². The summed E-state index contributed by atoms with van der Waals surface area (Å²) in [5, 5.41) is 0. The van der Waals surface area contributed by atoms with Crippen LogP contribution in [-0.4, -0.2) is 33.5 Å². The molecule has 0 spiro atoms. The van der Waals surface area contributed by atoms with Gasteiger partial charge in [-0.3, -0.25) is 4.98 Å². The minimum absolute atomic E-state index is 0.852. The van der Waals surface area contributed by atoms with Crippen LogP contribution in [0.3, 0.4) is 0 Å². The fourth-order valence-corrected chi connectivity index (χ4v) is 1.53. The maximum absolute atomic E-state index is 4.51. The lowest BCUT2D eigenvalue weighted by atomic mass is 10.4. The maximum Gasteiger partial charge on any atom is 0.123 e. The second kappa shape index (κ2) is 3.38. The van der Waals surface area contributed by atoms with E-state index in [9.17, 15) is 0 Å². The van der Waals surface area contributed by atoms with Gasteiger partial charge in [0.1, 0.15) is 11.3 Å². The van der Waals surface area contributed by atoms with E-state index in [-0.39, 0.29) is 0 Å². The van der Waals surface area contributed by atoms with Gasteiger partial charge in [0, 0.05) is 13.2 Å². The second-order valence-corrected chi connectivity index (χ2v) is 3.69. The predicted octanol–water partition coefficient (Wildman–Crippen LogP) is 1.03. The quantitative estimate of drug-likeness (QED) is 0.709. The van der Waals surface area contributed by atoms with Crippen molar-refractivity contribution < 1.29 is 0 Å². The fourth-order valence-electron chi connectivity index (χ4n) is 1.53. The van der Waals surface area contributed by atoms with Crippen LogP contribution in [0.1, 0.15) is 5.82 Å². The van der Waals surface area contributed by atoms with Crippen molar-refractivity contribution in [1.82, 2.24) is 19.4 Å². The van der Waals surface area contributed by atoms with Gasteiger partial charge in [0.15, 0.2) is 0 Å². The molecule has 74 valence electrons. The van der Waals surface area contributed by atoms with E-state index in [2.05, 4.69) is 19.4 Å². The summed E-state index contributed by atoms with van der Waals surface area (Å²) in [4.78, 5) is 10.7. The molecule has 0 aliphatic heterocycles. The van der Waals surface area contributed by atoms with Crippen LogP contribution in [0.2, 0.25) is 0 Å². The Morgan fingerprint density at radius 2 is 2.21 bits per heavy atom. The van der Waals surface area contributed by atoms with Gasteiger partial charge in [0.25, 0.3) is 0 Å². The molecule has 0 atom stereocenters. The van der Waals surface area contributed by atoms with Gasteiger partial charge >= 0.3 is 0 Å². The van der Waals surface area contributed by atoms with E-state index in [0.717, 1.165) is 23.4 Å². The minimum Gasteiger partial charge on any atom is -0.330 e. The summed E-state index contributed by atoms with van der Waals surface area (Å²) in [5.74, 6) is 1.07. The number of fused-ring (bicyclic) bond motifs is 1. The van der Waals surface area contributed by atoms with Crippen LogP contribution in [0.15, 0.2) is 18.5 Å². The normalized spacial score (nSPS) is 11.4. The third kappa shape index (κ3) is 1.48. The molecule has 4 heteroatoms. The number of pyridine rings is 1. The Kier molecular flexibility index (Phi) is 2.21. The highest BCUT2D eigenvalue weighted by Crippen LogP contribution is 2.13. The molecule has 0 radical (unpaired) electrons. The van der Waals surface area contributed by atoms with Crippen LogP contribution in [0, 0.1) is 0 Å². The monoisotopic (exact) mass is 190 g/mol. The smallest absolute Gasteiger partial charge is 0.123 e. The van der Waals surface area contributed by atoms with Crippen molar-refractivity contribution in [3.63, 3.8) is 0 Å². The van der Waals surface area contributed by atoms with Crippen LogP contribution in [0.25, 0.3) is 11.0 Å². The number of aryl methyl sites for hydroxylation is 1. The van der Waals surface area contributed by atoms with E-state index in [0.29, 0.717) is 0 Å². The zero-order chi connectivity index (χ0) is 10.1. The Labute approximate surface area is 83.2 Å². The number of rotatable bonds is 2. The highest BCUT2D eigenvalue weighted by atomic mass is 15.1. The molecule has 2 rings (SSSR count). The first kappa shape index (κ1) is 9.15. The predicted molar refractivity (Wildman–Crippen MR) is 55.9 cm³/mol. The van der Waals surface area contributed by atoms with E-state index < -0.39 is 0 Å². The molecule has 0 saturated carbocycles. The van der Waals surface area contributed by atoms with Crippen LogP contribution < -0.4 is 0 Å². The summed E-state index contributed by atoms with van der Waals surface area (Å²) in [6, 6.07) is 1.99. The summed E-state index contributed by atoms with van der Waals surface area (Å²) in [7, 11) is 6.11. The summed E-state index contributed by atoms with van der Waals surface area (Å²) in [5.41, 5.74) is 2.10. The van der Waals surface area contributed by atoms with Gasteiger partial charge in [-0.1, -0.05) is 0 Å². The summed E-state index contributed by atoms with van der Waals surface area (Å²) in [6.07, 6.45) is 3.60. The molecular weight excluding hydrogens is 176 g/mol. The first-order valence-corrected chi connectivity index (χ1v) is 4.58. The Bertz CT molecular complexity index is 444. The van der Waals surface area contributed by atoms with E-state index >= 15 is 0 Å². The van der Waals surface area contributed by atoms with Crippen molar-refractivity contribution in [3.8, 4) is 0 Å². The molecule has 0 N–H and O–H groups in total. The molecule has 0 fully saturated rings. The molecule has 0 aliphatic rings. The molecule has 4 nitrogen and oxygen atoms in total. The van der Waals surface area contributed by atoms with Gasteiger partial charge in [-0.05, 0) is 20.2 Å². The van der Waals surface area contributed by atoms with E-state index in [1.807, 2.05) is 27.2 Å². The van der Waals surface area contributed by atoms with E-state index in [1.54, 1.807) is 12.4 Å². The number of imidazole rings is 1. The lowest BCUT2D eigenvalue weighted by molar-refractivity contribution is 0.386. The standard InChI is InChI=1S/C10H14N4/c1-13(2)7-10-12-8-6-11-5-4-9(8)14(10)3/h4-6H,7H2,1-3H3. The molecule has 0 aliphatic carbocycles. The zero-order valence-electron chi connectivity index (χ0n) is 8.73. The molecule has 2 heterocycles. The average molecular weight is 190 g/mol. The molecule has 0 amide bonds. The zero-order valence-corrected chi connectivity index (χ0v) is 8.73. The second-order valence-electron chi connectivity index (χ2n) is 3.69. The third-order valence-corrected chi connectivity index (χ3v) is 2.23. The highest BCUT2D eigenvalue weighted by Gasteiger charge is 2.07. The molecule has 0 unspecified atom stereocenters. The van der Waals surface area contributed by atoms with Crippen molar-refractivity contribution >= 4 is 11.0 Å². The summed E-state index contributed by atoms with van der Waals surface area (Å²) < 4.78 is 2.11. The van der Waals surface area contributed by atoms with Gasteiger partial charge < -0.3 is 9.47 Å². The molecule has 0 saturated heterocycles. The molecule has 0 bridgehead atoms. The molecular formula is C10H14N4. The Hall–Kier alpha value is -1.42. The summed E-state index contributed by atoms with van der Waals surface area (Å²) >= 11 is 0. The Morgan fingerprint density at radius 1 is 1.43 bits per heavy atom. The number of hydrogen-bond donors (Lipinski definition) is 0. The summed E-state index contributed by atoms with van der Waals surface area (Å²) in [6.45, 7) is 0.852. The first-order valence-electron chi connectivity index (χ1n) is 4.58. The number of aromatic nitrogens is 3. The van der Waals surface area contributed by atoms with Crippen LogP contribution in [0.4, 0.5) is 0 Å². The van der Waals surface area contributed by atoms with Gasteiger partial charge in [-0.15, -0.1) is 0 Å². The van der Waals surface area contributed by atoms with Crippen molar-refractivity contribution in [2.24, 2.45) is 7.05 Å². The van der Waals surface area contributed by atoms with Gasteiger partial charge in [-0.25, -0.2) is 4.98 Å². The van der Waals surface area contributed by atoms with E-state index in [1.165, 1.54) is 0 Å². The largest absolute Gasteiger partial charge is 0.330 e. The topological polar surface area (TPSA) is 34.0 Å². The average Bonchev–Trinajstić information content (AvgIpc) is 2.44. The molecule has 14 heavy (non-hydrogen) atoms. The third-order valence-electron chi connectivity index (χ3n) is 2.23. The molecule has 0 aromatic carbocycles. The van der Waals surface area contributed by atoms with Crippen LogP contribution in [-0.2, 0) is 13.6 Å². The van der Waals surface area contributed by atoms with Gasteiger partial charge in [0.2, 0.25) is 0 Å². The maximum atomic E-state index is 4.51. The fraction of sp³-hybridized carbons (Fsp3) is 0.400. The molecule has 2 aromatic rings. The first-order chi connectivity index (χ1) is 6.68. The number of nitrogens with zero attached hydrogens (tertiary/aromatic N) is 4. The van der Waals surface area contributed by atoms with Gasteiger partial charge in [0.05, 0.1) is 18.3 Å². The van der Waals surface area contributed by atoms with Crippen molar-refractivity contribution in [2.75, 3.05) is 14.1 Å². The lowest BCUT2D eigenvalue weighted by Gasteiger charge is -2.08. The highest BCUT2D eigenvalue weighted by molar-refractivity contribution is 5.74. The SMILES string of the molecule is CN(C)Cc1nc2cnccc2n1C. The van der Waals surface area contributed by atoms with Crippen molar-refractivity contribution in [1.29, 1.82) is 0 Å². The van der Waals surface area contributed by atoms with Gasteiger partial charge in [-0.2, -0.15) is 0 Å².